The molecule has 6 heteroatoms. The van der Waals surface area contributed by atoms with Crippen molar-refractivity contribution in [2.24, 2.45) is 5.92 Å². The average molecular weight is 256 g/mol. The molecule has 18 heavy (non-hydrogen) atoms. The van der Waals surface area contributed by atoms with Crippen molar-refractivity contribution >= 4 is 17.8 Å². The van der Waals surface area contributed by atoms with E-state index in [2.05, 4.69) is 10.6 Å². The molecule has 3 N–H and O–H groups in total. The first-order valence-electron chi connectivity index (χ1n) is 6.11. The van der Waals surface area contributed by atoms with Gasteiger partial charge in [-0.3, -0.25) is 14.4 Å². The molecule has 1 saturated heterocycles. The summed E-state index contributed by atoms with van der Waals surface area (Å²) in [5.41, 5.74) is -0.566. The molecule has 2 amide bonds. The Morgan fingerprint density at radius 2 is 2.17 bits per heavy atom. The van der Waals surface area contributed by atoms with E-state index in [1.807, 2.05) is 0 Å². The maximum absolute atomic E-state index is 12.0. The summed E-state index contributed by atoms with van der Waals surface area (Å²) in [6, 6.07) is 0. The number of amides is 2. The van der Waals surface area contributed by atoms with E-state index in [9.17, 15) is 14.4 Å². The highest BCUT2D eigenvalue weighted by molar-refractivity contribution is 5.87. The van der Waals surface area contributed by atoms with Gasteiger partial charge in [0.05, 0.1) is 0 Å². The van der Waals surface area contributed by atoms with Gasteiger partial charge in [-0.15, -0.1) is 0 Å². The zero-order valence-corrected chi connectivity index (χ0v) is 10.8. The van der Waals surface area contributed by atoms with Gasteiger partial charge in [-0.2, -0.15) is 0 Å². The van der Waals surface area contributed by atoms with Crippen LogP contribution in [0.3, 0.4) is 0 Å². The number of carbonyl (C=O) groups excluding carboxylic acids is 2. The third kappa shape index (κ3) is 4.73. The second-order valence-corrected chi connectivity index (χ2v) is 5.31. The molecule has 1 fully saturated rings. The van der Waals surface area contributed by atoms with Crippen LogP contribution in [0.15, 0.2) is 0 Å². The highest BCUT2D eigenvalue weighted by Gasteiger charge is 2.29. The fraction of sp³-hybridized carbons (Fsp3) is 0.750. The fourth-order valence-electron chi connectivity index (χ4n) is 1.93. The van der Waals surface area contributed by atoms with Gasteiger partial charge >= 0.3 is 5.97 Å². The second-order valence-electron chi connectivity index (χ2n) is 5.31. The zero-order chi connectivity index (χ0) is 13.8. The van der Waals surface area contributed by atoms with Gasteiger partial charge in [0, 0.05) is 30.8 Å². The number of rotatable bonds is 5. The Bertz CT molecular complexity index is 352. The summed E-state index contributed by atoms with van der Waals surface area (Å²) in [6.07, 6.45) is 1.22. The van der Waals surface area contributed by atoms with Crippen LogP contribution in [0.5, 0.6) is 0 Å². The van der Waals surface area contributed by atoms with E-state index in [1.165, 1.54) is 0 Å². The molecule has 0 aromatic carbocycles. The first-order chi connectivity index (χ1) is 8.30. The van der Waals surface area contributed by atoms with Crippen LogP contribution in [0.4, 0.5) is 0 Å². The standard InChI is InChI=1S/C12H20N2O4/c1-12(2,5-3-10(16)17)14-11(18)8-4-6-13-9(15)7-8/h8H,3-7H2,1-2H3,(H,13,15)(H,14,18)(H,16,17). The topological polar surface area (TPSA) is 95.5 Å². The molecule has 1 unspecified atom stereocenters. The molecule has 0 aromatic heterocycles. The molecule has 1 heterocycles. The predicted molar refractivity (Wildman–Crippen MR) is 64.8 cm³/mol. The predicted octanol–water partition coefficient (Wildman–Crippen LogP) is 0.272. The molecule has 1 rings (SSSR count). The van der Waals surface area contributed by atoms with Crippen LogP contribution in [-0.2, 0) is 14.4 Å². The van der Waals surface area contributed by atoms with Crippen LogP contribution in [0.2, 0.25) is 0 Å². The lowest BCUT2D eigenvalue weighted by atomic mass is 9.93. The normalized spacial score (nSPS) is 20.1. The molecular weight excluding hydrogens is 236 g/mol. The van der Waals surface area contributed by atoms with E-state index in [4.69, 9.17) is 5.11 Å². The number of hydrogen-bond acceptors (Lipinski definition) is 3. The van der Waals surface area contributed by atoms with Gasteiger partial charge in [-0.25, -0.2) is 0 Å². The Balaban J connectivity index is 2.47. The van der Waals surface area contributed by atoms with Gasteiger partial charge in [-0.05, 0) is 26.7 Å². The SMILES string of the molecule is CC(C)(CCC(=O)O)NC(=O)C1CCNC(=O)C1. The van der Waals surface area contributed by atoms with E-state index < -0.39 is 11.5 Å². The number of carbonyl (C=O) groups is 3. The number of carboxylic acids is 1. The van der Waals surface area contributed by atoms with Gasteiger partial charge < -0.3 is 15.7 Å². The average Bonchev–Trinajstić information content (AvgIpc) is 2.26. The number of carboxylic acid groups (broad SMARTS) is 1. The lowest BCUT2D eigenvalue weighted by molar-refractivity contribution is -0.138. The summed E-state index contributed by atoms with van der Waals surface area (Å²) < 4.78 is 0. The molecule has 0 aliphatic carbocycles. The van der Waals surface area contributed by atoms with E-state index >= 15 is 0 Å². The molecule has 1 atom stereocenters. The Kier molecular flexibility index (Phi) is 4.69. The van der Waals surface area contributed by atoms with E-state index in [0.717, 1.165) is 0 Å². The fourth-order valence-corrected chi connectivity index (χ4v) is 1.93. The van der Waals surface area contributed by atoms with Crippen molar-refractivity contribution in [1.82, 2.24) is 10.6 Å². The molecule has 6 nitrogen and oxygen atoms in total. The molecule has 1 aliphatic rings. The second kappa shape index (κ2) is 5.84. The third-order valence-corrected chi connectivity index (χ3v) is 3.04. The van der Waals surface area contributed by atoms with Crippen molar-refractivity contribution in [1.29, 1.82) is 0 Å². The third-order valence-electron chi connectivity index (χ3n) is 3.04. The summed E-state index contributed by atoms with van der Waals surface area (Å²) >= 11 is 0. The van der Waals surface area contributed by atoms with Gasteiger partial charge in [0.2, 0.25) is 11.8 Å². The summed E-state index contributed by atoms with van der Waals surface area (Å²) in [6.45, 7) is 4.10. The van der Waals surface area contributed by atoms with Crippen molar-refractivity contribution in [2.75, 3.05) is 6.54 Å². The monoisotopic (exact) mass is 256 g/mol. The van der Waals surface area contributed by atoms with E-state index in [-0.39, 0.29) is 30.6 Å². The summed E-state index contributed by atoms with van der Waals surface area (Å²) in [5, 5.41) is 14.1. The minimum Gasteiger partial charge on any atom is -0.481 e. The lowest BCUT2D eigenvalue weighted by Gasteiger charge is -2.29. The number of piperidine rings is 1. The molecule has 0 radical (unpaired) electrons. The van der Waals surface area contributed by atoms with Crippen molar-refractivity contribution in [2.45, 2.75) is 45.1 Å². The molecule has 0 saturated carbocycles. The summed E-state index contributed by atoms with van der Waals surface area (Å²) in [5.74, 6) is -1.46. The first-order valence-corrected chi connectivity index (χ1v) is 6.11. The van der Waals surface area contributed by atoms with Crippen LogP contribution in [0.25, 0.3) is 0 Å². The van der Waals surface area contributed by atoms with Gasteiger partial charge in [0.25, 0.3) is 0 Å². The molecule has 0 bridgehead atoms. The van der Waals surface area contributed by atoms with Gasteiger partial charge in [0.15, 0.2) is 0 Å². The van der Waals surface area contributed by atoms with Crippen LogP contribution >= 0.6 is 0 Å². The molecule has 0 aromatic rings. The Hall–Kier alpha value is -1.59. The largest absolute Gasteiger partial charge is 0.481 e. The van der Waals surface area contributed by atoms with Crippen molar-refractivity contribution in [3.8, 4) is 0 Å². The molecule has 102 valence electrons. The highest BCUT2D eigenvalue weighted by Crippen LogP contribution is 2.17. The van der Waals surface area contributed by atoms with E-state index in [1.54, 1.807) is 13.8 Å². The highest BCUT2D eigenvalue weighted by atomic mass is 16.4. The van der Waals surface area contributed by atoms with Crippen molar-refractivity contribution < 1.29 is 19.5 Å². The van der Waals surface area contributed by atoms with Crippen LogP contribution in [-0.4, -0.2) is 35.0 Å². The smallest absolute Gasteiger partial charge is 0.303 e. The number of nitrogens with one attached hydrogen (secondary N) is 2. The van der Waals surface area contributed by atoms with Gasteiger partial charge in [-0.1, -0.05) is 0 Å². The first kappa shape index (κ1) is 14.5. The minimum atomic E-state index is -0.880. The summed E-state index contributed by atoms with van der Waals surface area (Å²) in [4.78, 5) is 33.7. The lowest BCUT2D eigenvalue weighted by Crippen LogP contribution is -2.49. The van der Waals surface area contributed by atoms with Crippen molar-refractivity contribution in [3.05, 3.63) is 0 Å². The molecule has 0 spiro atoms. The molecule has 1 aliphatic heterocycles. The quantitative estimate of drug-likeness (QED) is 0.658. The molecular formula is C12H20N2O4. The van der Waals surface area contributed by atoms with Crippen LogP contribution in [0.1, 0.15) is 39.5 Å². The number of aliphatic carboxylic acids is 1. The Morgan fingerprint density at radius 1 is 1.50 bits per heavy atom. The summed E-state index contributed by atoms with van der Waals surface area (Å²) in [7, 11) is 0. The number of hydrogen-bond donors (Lipinski definition) is 3. The van der Waals surface area contributed by atoms with Crippen LogP contribution < -0.4 is 10.6 Å². The zero-order valence-electron chi connectivity index (χ0n) is 10.8. The Morgan fingerprint density at radius 3 is 2.72 bits per heavy atom. The maximum atomic E-state index is 12.0. The minimum absolute atomic E-state index is 0.0123. The van der Waals surface area contributed by atoms with Gasteiger partial charge in [0.1, 0.15) is 0 Å². The Labute approximate surface area is 106 Å². The maximum Gasteiger partial charge on any atom is 0.303 e. The van der Waals surface area contributed by atoms with E-state index in [0.29, 0.717) is 19.4 Å². The van der Waals surface area contributed by atoms with Crippen LogP contribution in [0, 0.1) is 5.92 Å². The van der Waals surface area contributed by atoms with Crippen molar-refractivity contribution in [3.63, 3.8) is 0 Å².